The summed E-state index contributed by atoms with van der Waals surface area (Å²) in [6.07, 6.45) is 1.42. The Kier molecular flexibility index (Phi) is 6.14. The number of likely N-dealkylation sites (tertiary alicyclic amines) is 1. The maximum absolute atomic E-state index is 11.8. The zero-order chi connectivity index (χ0) is 16.0. The monoisotopic (exact) mass is 300 g/mol. The summed E-state index contributed by atoms with van der Waals surface area (Å²) in [6, 6.07) is -0.476. The van der Waals surface area contributed by atoms with Crippen LogP contribution in [0.4, 0.5) is 4.79 Å². The number of carbonyl (C=O) groups is 3. The standard InChI is InChI=1S/C14H25N3O4/c1-14(2,3)16-13(20)15-11(18)9-17-7-5-10(6-8-17)12(19)21-4/h10H,5-9H2,1-4H3,(H2,15,16,18,20)/p+1. The van der Waals surface area contributed by atoms with Crippen LogP contribution in [0.5, 0.6) is 0 Å². The minimum atomic E-state index is -0.476. The molecule has 0 atom stereocenters. The van der Waals surface area contributed by atoms with Gasteiger partial charge in [-0.1, -0.05) is 0 Å². The Morgan fingerprint density at radius 3 is 2.24 bits per heavy atom. The Morgan fingerprint density at radius 2 is 1.76 bits per heavy atom. The number of piperidine rings is 1. The van der Waals surface area contributed by atoms with E-state index in [4.69, 9.17) is 4.74 Å². The Hall–Kier alpha value is -1.63. The van der Waals surface area contributed by atoms with E-state index in [0.29, 0.717) is 12.8 Å². The first-order valence-electron chi connectivity index (χ1n) is 7.24. The van der Waals surface area contributed by atoms with Gasteiger partial charge in [0.05, 0.1) is 26.1 Å². The fraction of sp³-hybridized carbons (Fsp3) is 0.786. The first kappa shape index (κ1) is 17.4. The highest BCUT2D eigenvalue weighted by Gasteiger charge is 2.29. The molecular formula is C14H26N3O4+. The van der Waals surface area contributed by atoms with E-state index in [0.717, 1.165) is 18.0 Å². The highest BCUT2D eigenvalue weighted by molar-refractivity contribution is 5.94. The van der Waals surface area contributed by atoms with Crippen LogP contribution in [-0.2, 0) is 14.3 Å². The summed E-state index contributed by atoms with van der Waals surface area (Å²) in [6.45, 7) is 7.24. The van der Waals surface area contributed by atoms with Crippen molar-refractivity contribution in [3.8, 4) is 0 Å². The Labute approximate surface area is 125 Å². The van der Waals surface area contributed by atoms with Crippen molar-refractivity contribution < 1.29 is 24.0 Å². The summed E-state index contributed by atoms with van der Waals surface area (Å²) >= 11 is 0. The van der Waals surface area contributed by atoms with E-state index in [1.807, 2.05) is 20.8 Å². The van der Waals surface area contributed by atoms with E-state index in [9.17, 15) is 14.4 Å². The first-order chi connectivity index (χ1) is 9.71. The topological polar surface area (TPSA) is 88.9 Å². The lowest BCUT2D eigenvalue weighted by atomic mass is 9.97. The molecule has 0 aromatic carbocycles. The molecule has 7 heteroatoms. The van der Waals surface area contributed by atoms with Crippen LogP contribution in [0.25, 0.3) is 0 Å². The Morgan fingerprint density at radius 1 is 1.19 bits per heavy atom. The molecule has 1 aliphatic rings. The molecule has 0 bridgehead atoms. The maximum Gasteiger partial charge on any atom is 0.322 e. The van der Waals surface area contributed by atoms with Gasteiger partial charge >= 0.3 is 12.0 Å². The van der Waals surface area contributed by atoms with Crippen LogP contribution >= 0.6 is 0 Å². The van der Waals surface area contributed by atoms with Crippen molar-refractivity contribution in [1.29, 1.82) is 0 Å². The third-order valence-corrected chi connectivity index (χ3v) is 3.38. The van der Waals surface area contributed by atoms with Crippen LogP contribution in [0.1, 0.15) is 33.6 Å². The van der Waals surface area contributed by atoms with Gasteiger partial charge < -0.3 is 15.0 Å². The number of amides is 3. The third-order valence-electron chi connectivity index (χ3n) is 3.38. The van der Waals surface area contributed by atoms with Gasteiger partial charge in [0.1, 0.15) is 0 Å². The normalized spacial score (nSPS) is 22.3. The summed E-state index contributed by atoms with van der Waals surface area (Å²) in [5.74, 6) is -0.544. The zero-order valence-corrected chi connectivity index (χ0v) is 13.2. The molecule has 1 fully saturated rings. The van der Waals surface area contributed by atoms with Crippen LogP contribution in [-0.4, -0.2) is 50.2 Å². The number of hydrogen-bond donors (Lipinski definition) is 3. The number of nitrogens with one attached hydrogen (secondary N) is 3. The SMILES string of the molecule is COC(=O)C1CC[NH+](CC(=O)NC(=O)NC(C)(C)C)CC1. The number of ether oxygens (including phenoxy) is 1. The second-order valence-corrected chi connectivity index (χ2v) is 6.48. The number of hydrogen-bond acceptors (Lipinski definition) is 4. The summed E-state index contributed by atoms with van der Waals surface area (Å²) in [7, 11) is 1.39. The molecule has 3 amide bonds. The lowest BCUT2D eigenvalue weighted by Gasteiger charge is -2.27. The number of methoxy groups -OCH3 is 1. The number of urea groups is 1. The van der Waals surface area contributed by atoms with E-state index in [1.165, 1.54) is 7.11 Å². The van der Waals surface area contributed by atoms with Gasteiger partial charge in [-0.2, -0.15) is 0 Å². The molecule has 0 saturated carbocycles. The minimum Gasteiger partial charge on any atom is -0.469 e. The third kappa shape index (κ3) is 6.57. The van der Waals surface area contributed by atoms with Crippen molar-refractivity contribution >= 4 is 17.9 Å². The predicted octanol–water partition coefficient (Wildman–Crippen LogP) is -0.921. The van der Waals surface area contributed by atoms with Gasteiger partial charge in [-0.3, -0.25) is 14.9 Å². The van der Waals surface area contributed by atoms with Gasteiger partial charge in [-0.05, 0) is 20.8 Å². The number of carbonyl (C=O) groups excluding carboxylic acids is 3. The van der Waals surface area contributed by atoms with Crippen molar-refractivity contribution in [2.75, 3.05) is 26.7 Å². The molecule has 0 aliphatic carbocycles. The van der Waals surface area contributed by atoms with E-state index < -0.39 is 6.03 Å². The van der Waals surface area contributed by atoms with Crippen molar-refractivity contribution in [3.63, 3.8) is 0 Å². The van der Waals surface area contributed by atoms with Gasteiger partial charge in [0.2, 0.25) is 0 Å². The number of esters is 1. The van der Waals surface area contributed by atoms with E-state index in [1.54, 1.807) is 0 Å². The lowest BCUT2D eigenvalue weighted by molar-refractivity contribution is -0.897. The van der Waals surface area contributed by atoms with Crippen molar-refractivity contribution in [3.05, 3.63) is 0 Å². The highest BCUT2D eigenvalue weighted by atomic mass is 16.5. The fourth-order valence-electron chi connectivity index (χ4n) is 2.37. The fourth-order valence-corrected chi connectivity index (χ4v) is 2.37. The van der Waals surface area contributed by atoms with Crippen molar-refractivity contribution in [1.82, 2.24) is 10.6 Å². The van der Waals surface area contributed by atoms with Gasteiger partial charge in [-0.15, -0.1) is 0 Å². The predicted molar refractivity (Wildman–Crippen MR) is 76.7 cm³/mol. The summed E-state index contributed by atoms with van der Waals surface area (Å²) in [5, 5.41) is 5.00. The molecule has 3 N–H and O–H groups in total. The molecule has 0 aromatic rings. The number of rotatable bonds is 3. The smallest absolute Gasteiger partial charge is 0.322 e. The van der Waals surface area contributed by atoms with E-state index >= 15 is 0 Å². The molecule has 120 valence electrons. The van der Waals surface area contributed by atoms with E-state index in [-0.39, 0.29) is 29.9 Å². The maximum atomic E-state index is 11.8. The quantitative estimate of drug-likeness (QED) is 0.588. The van der Waals surface area contributed by atoms with Gasteiger partial charge in [-0.25, -0.2) is 4.79 Å². The molecule has 7 nitrogen and oxygen atoms in total. The number of quaternary nitrogens is 1. The molecule has 21 heavy (non-hydrogen) atoms. The summed E-state index contributed by atoms with van der Waals surface area (Å²) < 4.78 is 4.72. The van der Waals surface area contributed by atoms with Gasteiger partial charge in [0.25, 0.3) is 5.91 Å². The van der Waals surface area contributed by atoms with Crippen molar-refractivity contribution in [2.24, 2.45) is 5.92 Å². The van der Waals surface area contributed by atoms with Crippen LogP contribution in [0.2, 0.25) is 0 Å². The molecular weight excluding hydrogens is 274 g/mol. The molecule has 1 saturated heterocycles. The average molecular weight is 300 g/mol. The molecule has 1 heterocycles. The van der Waals surface area contributed by atoms with Crippen LogP contribution in [0.3, 0.4) is 0 Å². The lowest BCUT2D eigenvalue weighted by Crippen LogP contribution is -3.14. The highest BCUT2D eigenvalue weighted by Crippen LogP contribution is 2.10. The minimum absolute atomic E-state index is 0.0639. The Balaban J connectivity index is 2.31. The summed E-state index contributed by atoms with van der Waals surface area (Å²) in [5.41, 5.74) is -0.379. The van der Waals surface area contributed by atoms with E-state index in [2.05, 4.69) is 10.6 Å². The molecule has 0 unspecified atom stereocenters. The van der Waals surface area contributed by atoms with Crippen LogP contribution in [0.15, 0.2) is 0 Å². The molecule has 1 aliphatic heterocycles. The van der Waals surface area contributed by atoms with Gasteiger partial charge in [0.15, 0.2) is 6.54 Å². The van der Waals surface area contributed by atoms with Crippen LogP contribution < -0.4 is 15.5 Å². The second kappa shape index (κ2) is 7.40. The second-order valence-electron chi connectivity index (χ2n) is 6.48. The molecule has 0 aromatic heterocycles. The van der Waals surface area contributed by atoms with Crippen LogP contribution in [0, 0.1) is 5.92 Å². The Bertz CT molecular complexity index is 396. The number of imide groups is 1. The van der Waals surface area contributed by atoms with Crippen molar-refractivity contribution in [2.45, 2.75) is 39.2 Å². The molecule has 1 rings (SSSR count). The summed E-state index contributed by atoms with van der Waals surface area (Å²) in [4.78, 5) is 35.9. The first-order valence-corrected chi connectivity index (χ1v) is 7.24. The average Bonchev–Trinajstić information content (AvgIpc) is 2.36. The molecule has 0 radical (unpaired) electrons. The zero-order valence-electron chi connectivity index (χ0n) is 13.2. The molecule has 0 spiro atoms. The largest absolute Gasteiger partial charge is 0.469 e. The van der Waals surface area contributed by atoms with Gasteiger partial charge in [0, 0.05) is 18.4 Å².